The number of hydrogen-bond donors (Lipinski definition) is 1. The first kappa shape index (κ1) is 17.2. The van der Waals surface area contributed by atoms with Crippen molar-refractivity contribution in [3.8, 4) is 0 Å². The van der Waals surface area contributed by atoms with Gasteiger partial charge < -0.3 is 10.2 Å². The molecule has 0 aliphatic carbocycles. The van der Waals surface area contributed by atoms with Crippen molar-refractivity contribution in [3.05, 3.63) is 65.2 Å². The summed E-state index contributed by atoms with van der Waals surface area (Å²) in [7, 11) is 0. The van der Waals surface area contributed by atoms with E-state index in [0.29, 0.717) is 12.0 Å². The molecule has 2 aromatic carbocycles. The Morgan fingerprint density at radius 3 is 2.60 bits per heavy atom. The van der Waals surface area contributed by atoms with Crippen LogP contribution in [0.1, 0.15) is 54.2 Å². The Morgan fingerprint density at radius 2 is 1.96 bits per heavy atom. The van der Waals surface area contributed by atoms with Crippen molar-refractivity contribution < 1.29 is 9.59 Å². The highest BCUT2D eigenvalue weighted by molar-refractivity contribution is 5.99. The molecule has 4 nitrogen and oxygen atoms in total. The number of amides is 2. The van der Waals surface area contributed by atoms with E-state index in [1.165, 1.54) is 5.56 Å². The fourth-order valence-electron chi connectivity index (χ4n) is 3.14. The van der Waals surface area contributed by atoms with Crippen LogP contribution in [0, 0.1) is 0 Å². The van der Waals surface area contributed by atoms with Crippen molar-refractivity contribution in [2.75, 3.05) is 11.4 Å². The minimum atomic E-state index is -0.124. The Morgan fingerprint density at radius 1 is 1.20 bits per heavy atom. The number of hydrogen-bond acceptors (Lipinski definition) is 2. The van der Waals surface area contributed by atoms with Crippen LogP contribution >= 0.6 is 0 Å². The molecule has 2 amide bonds. The number of carbonyl (C=O) groups is 2. The van der Waals surface area contributed by atoms with Gasteiger partial charge in [-0.25, -0.2) is 0 Å². The molecule has 0 bridgehead atoms. The molecular formula is C21H24N2O2. The largest absolute Gasteiger partial charge is 0.346 e. The molecule has 130 valence electrons. The topological polar surface area (TPSA) is 49.4 Å². The smallest absolute Gasteiger partial charge is 0.251 e. The molecule has 4 heteroatoms. The molecule has 1 aliphatic rings. The van der Waals surface area contributed by atoms with Gasteiger partial charge in [-0.1, -0.05) is 37.3 Å². The SMILES string of the molecule is CCc1ccc([C@H](C)NC(=O)c2cccc(N3CCCC3=O)c2)cc1. The quantitative estimate of drug-likeness (QED) is 0.901. The minimum absolute atomic E-state index is 0.0736. The van der Waals surface area contributed by atoms with Crippen molar-refractivity contribution in [1.82, 2.24) is 5.32 Å². The number of benzene rings is 2. The summed E-state index contributed by atoms with van der Waals surface area (Å²) in [4.78, 5) is 26.2. The summed E-state index contributed by atoms with van der Waals surface area (Å²) in [5, 5.41) is 3.04. The van der Waals surface area contributed by atoms with E-state index in [1.807, 2.05) is 19.1 Å². The first-order valence-corrected chi connectivity index (χ1v) is 8.88. The van der Waals surface area contributed by atoms with E-state index in [2.05, 4.69) is 36.5 Å². The molecule has 25 heavy (non-hydrogen) atoms. The normalized spacial score (nSPS) is 15.3. The number of anilines is 1. The van der Waals surface area contributed by atoms with E-state index in [-0.39, 0.29) is 17.9 Å². The average molecular weight is 336 g/mol. The summed E-state index contributed by atoms with van der Waals surface area (Å²) >= 11 is 0. The zero-order valence-electron chi connectivity index (χ0n) is 14.8. The Hall–Kier alpha value is -2.62. The molecule has 1 aliphatic heterocycles. The summed E-state index contributed by atoms with van der Waals surface area (Å²) in [5.41, 5.74) is 3.74. The average Bonchev–Trinajstić information content (AvgIpc) is 3.07. The fourth-order valence-corrected chi connectivity index (χ4v) is 3.14. The molecule has 2 aromatic rings. The molecule has 0 saturated carbocycles. The lowest BCUT2D eigenvalue weighted by molar-refractivity contribution is -0.117. The third-order valence-corrected chi connectivity index (χ3v) is 4.73. The molecule has 1 N–H and O–H groups in total. The Labute approximate surface area is 148 Å². The van der Waals surface area contributed by atoms with Crippen molar-refractivity contribution in [2.24, 2.45) is 0 Å². The second-order valence-corrected chi connectivity index (χ2v) is 6.49. The van der Waals surface area contributed by atoms with Gasteiger partial charge in [0, 0.05) is 24.2 Å². The van der Waals surface area contributed by atoms with Crippen LogP contribution in [-0.4, -0.2) is 18.4 Å². The number of aryl methyl sites for hydroxylation is 1. The van der Waals surface area contributed by atoms with Crippen LogP contribution in [0.4, 0.5) is 5.69 Å². The third kappa shape index (κ3) is 3.90. The predicted octanol–water partition coefficient (Wildman–Crippen LogP) is 3.87. The number of nitrogens with zero attached hydrogens (tertiary/aromatic N) is 1. The molecule has 1 fully saturated rings. The molecule has 1 heterocycles. The van der Waals surface area contributed by atoms with Crippen LogP contribution in [0.2, 0.25) is 0 Å². The molecule has 1 saturated heterocycles. The van der Waals surface area contributed by atoms with Crippen LogP contribution in [0.25, 0.3) is 0 Å². The lowest BCUT2D eigenvalue weighted by Crippen LogP contribution is -2.27. The molecule has 0 radical (unpaired) electrons. The van der Waals surface area contributed by atoms with E-state index in [1.54, 1.807) is 17.0 Å². The van der Waals surface area contributed by atoms with E-state index < -0.39 is 0 Å². The zero-order valence-corrected chi connectivity index (χ0v) is 14.8. The predicted molar refractivity (Wildman–Crippen MR) is 99.7 cm³/mol. The van der Waals surface area contributed by atoms with Crippen molar-refractivity contribution >= 4 is 17.5 Å². The Kier molecular flexibility index (Phi) is 5.17. The molecule has 0 unspecified atom stereocenters. The van der Waals surface area contributed by atoms with Crippen LogP contribution < -0.4 is 10.2 Å². The van der Waals surface area contributed by atoms with Gasteiger partial charge in [-0.05, 0) is 49.1 Å². The summed E-state index contributed by atoms with van der Waals surface area (Å²) in [6.45, 7) is 4.83. The van der Waals surface area contributed by atoms with Gasteiger partial charge in [0.1, 0.15) is 0 Å². The lowest BCUT2D eigenvalue weighted by Gasteiger charge is -2.18. The van der Waals surface area contributed by atoms with Crippen molar-refractivity contribution in [1.29, 1.82) is 0 Å². The second kappa shape index (κ2) is 7.51. The summed E-state index contributed by atoms with van der Waals surface area (Å²) < 4.78 is 0. The maximum atomic E-state index is 12.6. The fraction of sp³-hybridized carbons (Fsp3) is 0.333. The van der Waals surface area contributed by atoms with E-state index in [4.69, 9.17) is 0 Å². The second-order valence-electron chi connectivity index (χ2n) is 6.49. The summed E-state index contributed by atoms with van der Waals surface area (Å²) in [6, 6.07) is 15.5. The number of carbonyl (C=O) groups excluding carboxylic acids is 2. The number of nitrogens with one attached hydrogen (secondary N) is 1. The highest BCUT2D eigenvalue weighted by Crippen LogP contribution is 2.23. The molecular weight excluding hydrogens is 312 g/mol. The summed E-state index contributed by atoms with van der Waals surface area (Å²) in [5.74, 6) is 0.00232. The molecule has 0 aromatic heterocycles. The Bertz CT molecular complexity index is 768. The third-order valence-electron chi connectivity index (χ3n) is 4.73. The van der Waals surface area contributed by atoms with Gasteiger partial charge in [0.2, 0.25) is 5.91 Å². The standard InChI is InChI=1S/C21H24N2O2/c1-3-16-9-11-17(12-10-16)15(2)22-21(25)18-6-4-7-19(14-18)23-13-5-8-20(23)24/h4,6-7,9-12,14-15H,3,5,8,13H2,1-2H3,(H,22,25)/t15-/m0/s1. The monoisotopic (exact) mass is 336 g/mol. The highest BCUT2D eigenvalue weighted by Gasteiger charge is 2.22. The van der Waals surface area contributed by atoms with Gasteiger partial charge >= 0.3 is 0 Å². The van der Waals surface area contributed by atoms with Crippen molar-refractivity contribution in [3.63, 3.8) is 0 Å². The van der Waals surface area contributed by atoms with Crippen molar-refractivity contribution in [2.45, 2.75) is 39.2 Å². The summed E-state index contributed by atoms with van der Waals surface area (Å²) in [6.07, 6.45) is 2.46. The first-order valence-electron chi connectivity index (χ1n) is 8.88. The van der Waals surface area contributed by atoms with Crippen LogP contribution in [0.3, 0.4) is 0 Å². The van der Waals surface area contributed by atoms with Gasteiger partial charge in [0.05, 0.1) is 6.04 Å². The molecule has 0 spiro atoms. The highest BCUT2D eigenvalue weighted by atomic mass is 16.2. The van der Waals surface area contributed by atoms with Gasteiger partial charge in [0.25, 0.3) is 5.91 Å². The maximum Gasteiger partial charge on any atom is 0.251 e. The molecule has 1 atom stereocenters. The van der Waals surface area contributed by atoms with Crippen LogP contribution in [0.5, 0.6) is 0 Å². The van der Waals surface area contributed by atoms with E-state index in [9.17, 15) is 9.59 Å². The zero-order chi connectivity index (χ0) is 17.8. The lowest BCUT2D eigenvalue weighted by atomic mass is 10.0. The van der Waals surface area contributed by atoms with Gasteiger partial charge in [0.15, 0.2) is 0 Å². The van der Waals surface area contributed by atoms with Gasteiger partial charge in [-0.2, -0.15) is 0 Å². The van der Waals surface area contributed by atoms with Crippen LogP contribution in [-0.2, 0) is 11.2 Å². The van der Waals surface area contributed by atoms with Gasteiger partial charge in [-0.3, -0.25) is 9.59 Å². The van der Waals surface area contributed by atoms with Crippen LogP contribution in [0.15, 0.2) is 48.5 Å². The number of rotatable bonds is 5. The van der Waals surface area contributed by atoms with Gasteiger partial charge in [-0.15, -0.1) is 0 Å². The Balaban J connectivity index is 1.71. The minimum Gasteiger partial charge on any atom is -0.346 e. The first-order chi connectivity index (χ1) is 12.1. The maximum absolute atomic E-state index is 12.6. The molecule has 3 rings (SSSR count). The van der Waals surface area contributed by atoms with E-state index in [0.717, 1.165) is 30.6 Å². The van der Waals surface area contributed by atoms with E-state index >= 15 is 0 Å².